The fraction of sp³-hybridized carbons (Fsp3) is 0.294. The monoisotopic (exact) mass is 297 g/mol. The van der Waals surface area contributed by atoms with Gasteiger partial charge in [0.25, 0.3) is 5.91 Å². The van der Waals surface area contributed by atoms with Crippen LogP contribution in [0.15, 0.2) is 54.9 Å². The second kappa shape index (κ2) is 7.04. The molecule has 1 aliphatic rings. The van der Waals surface area contributed by atoms with E-state index in [1.807, 2.05) is 47.4 Å². The predicted octanol–water partition coefficient (Wildman–Crippen LogP) is 1.57. The average molecular weight is 297 g/mol. The van der Waals surface area contributed by atoms with E-state index in [1.54, 1.807) is 12.4 Å². The zero-order valence-corrected chi connectivity index (χ0v) is 12.3. The van der Waals surface area contributed by atoms with Gasteiger partial charge < -0.3 is 15.0 Å². The Labute approximate surface area is 129 Å². The van der Waals surface area contributed by atoms with Gasteiger partial charge in [0.2, 0.25) is 0 Å². The number of carbonyl (C=O) groups excluding carboxylic acids is 1. The fourth-order valence-electron chi connectivity index (χ4n) is 2.55. The van der Waals surface area contributed by atoms with E-state index in [0.717, 1.165) is 24.4 Å². The second-order valence-electron chi connectivity index (χ2n) is 5.22. The van der Waals surface area contributed by atoms with E-state index in [9.17, 15) is 4.79 Å². The maximum Gasteiger partial charge on any atom is 0.254 e. The SMILES string of the molecule is O=C(c1ccccc1)N1CCNCC1COc1cccnc1. The zero-order chi connectivity index (χ0) is 15.2. The second-order valence-corrected chi connectivity index (χ2v) is 5.22. The minimum absolute atomic E-state index is 0.0154. The molecule has 1 fully saturated rings. The molecule has 2 aromatic rings. The maximum absolute atomic E-state index is 12.7. The summed E-state index contributed by atoms with van der Waals surface area (Å²) in [5.74, 6) is 0.780. The highest BCUT2D eigenvalue weighted by Crippen LogP contribution is 2.13. The number of nitrogens with zero attached hydrogens (tertiary/aromatic N) is 2. The van der Waals surface area contributed by atoms with E-state index in [2.05, 4.69) is 10.3 Å². The summed E-state index contributed by atoms with van der Waals surface area (Å²) in [4.78, 5) is 18.6. The molecule has 1 amide bonds. The summed E-state index contributed by atoms with van der Waals surface area (Å²) in [5, 5.41) is 3.32. The molecule has 1 unspecified atom stereocenters. The molecule has 1 aliphatic heterocycles. The van der Waals surface area contributed by atoms with Crippen molar-refractivity contribution in [2.24, 2.45) is 0 Å². The van der Waals surface area contributed by atoms with Gasteiger partial charge in [0, 0.05) is 31.4 Å². The van der Waals surface area contributed by atoms with Crippen molar-refractivity contribution < 1.29 is 9.53 Å². The van der Waals surface area contributed by atoms with Crippen LogP contribution in [-0.4, -0.2) is 48.1 Å². The van der Waals surface area contributed by atoms with E-state index in [-0.39, 0.29) is 11.9 Å². The van der Waals surface area contributed by atoms with Crippen LogP contribution in [-0.2, 0) is 0 Å². The first-order chi connectivity index (χ1) is 10.8. The van der Waals surface area contributed by atoms with Gasteiger partial charge in [0.05, 0.1) is 12.2 Å². The Kier molecular flexibility index (Phi) is 4.65. The number of hydrogen-bond acceptors (Lipinski definition) is 4. The van der Waals surface area contributed by atoms with Gasteiger partial charge >= 0.3 is 0 Å². The molecule has 2 heterocycles. The van der Waals surface area contributed by atoms with Crippen LogP contribution in [0.5, 0.6) is 5.75 Å². The quantitative estimate of drug-likeness (QED) is 0.931. The van der Waals surface area contributed by atoms with Crippen LogP contribution in [0.4, 0.5) is 0 Å². The van der Waals surface area contributed by atoms with E-state index in [0.29, 0.717) is 13.2 Å². The standard InChI is InChI=1S/C17H19N3O2/c21-17(14-5-2-1-3-6-14)20-10-9-19-11-15(20)13-22-16-7-4-8-18-12-16/h1-8,12,15,19H,9-11,13H2. The first-order valence-corrected chi connectivity index (χ1v) is 7.44. The van der Waals surface area contributed by atoms with Crippen LogP contribution in [0.1, 0.15) is 10.4 Å². The van der Waals surface area contributed by atoms with Crippen LogP contribution in [0.3, 0.4) is 0 Å². The van der Waals surface area contributed by atoms with Gasteiger partial charge in [-0.2, -0.15) is 0 Å². The van der Waals surface area contributed by atoms with Crippen molar-refractivity contribution in [2.75, 3.05) is 26.2 Å². The molecule has 3 rings (SSSR count). The maximum atomic E-state index is 12.7. The molecule has 1 saturated heterocycles. The molecule has 5 nitrogen and oxygen atoms in total. The number of nitrogens with one attached hydrogen (secondary N) is 1. The zero-order valence-electron chi connectivity index (χ0n) is 12.3. The summed E-state index contributed by atoms with van der Waals surface area (Å²) < 4.78 is 5.77. The molecule has 0 spiro atoms. The van der Waals surface area contributed by atoms with Crippen molar-refractivity contribution in [1.29, 1.82) is 0 Å². The first-order valence-electron chi connectivity index (χ1n) is 7.44. The Bertz CT molecular complexity index is 604. The molecule has 1 atom stereocenters. The summed E-state index contributed by atoms with van der Waals surface area (Å²) in [6.07, 6.45) is 3.39. The molecule has 5 heteroatoms. The summed E-state index contributed by atoms with van der Waals surface area (Å²) in [6, 6.07) is 13.1. The Hall–Kier alpha value is -2.40. The molecular formula is C17H19N3O2. The summed E-state index contributed by atoms with van der Waals surface area (Å²) in [7, 11) is 0. The summed E-state index contributed by atoms with van der Waals surface area (Å²) in [6.45, 7) is 2.69. The highest BCUT2D eigenvalue weighted by molar-refractivity contribution is 5.94. The Morgan fingerprint density at radius 2 is 2.14 bits per heavy atom. The minimum atomic E-state index is 0.0154. The van der Waals surface area contributed by atoms with Gasteiger partial charge in [-0.05, 0) is 24.3 Å². The number of pyridine rings is 1. The van der Waals surface area contributed by atoms with E-state index in [4.69, 9.17) is 4.74 Å². The lowest BCUT2D eigenvalue weighted by Crippen LogP contribution is -2.55. The van der Waals surface area contributed by atoms with Gasteiger partial charge in [-0.15, -0.1) is 0 Å². The largest absolute Gasteiger partial charge is 0.490 e. The molecule has 0 bridgehead atoms. The Morgan fingerprint density at radius 3 is 2.91 bits per heavy atom. The van der Waals surface area contributed by atoms with Crippen molar-refractivity contribution in [3.8, 4) is 5.75 Å². The van der Waals surface area contributed by atoms with Crippen LogP contribution in [0.2, 0.25) is 0 Å². The number of hydrogen-bond donors (Lipinski definition) is 1. The van der Waals surface area contributed by atoms with Crippen LogP contribution < -0.4 is 10.1 Å². The van der Waals surface area contributed by atoms with E-state index < -0.39 is 0 Å². The third-order valence-corrected chi connectivity index (χ3v) is 3.71. The molecule has 1 aromatic carbocycles. The van der Waals surface area contributed by atoms with Crippen molar-refractivity contribution in [3.63, 3.8) is 0 Å². The number of carbonyl (C=O) groups is 1. The number of amides is 1. The molecule has 0 radical (unpaired) electrons. The number of aromatic nitrogens is 1. The molecule has 1 N–H and O–H groups in total. The van der Waals surface area contributed by atoms with E-state index >= 15 is 0 Å². The van der Waals surface area contributed by atoms with E-state index in [1.165, 1.54) is 0 Å². The first kappa shape index (κ1) is 14.5. The van der Waals surface area contributed by atoms with Gasteiger partial charge in [0.15, 0.2) is 0 Å². The lowest BCUT2D eigenvalue weighted by Gasteiger charge is -2.36. The molecule has 1 aromatic heterocycles. The van der Waals surface area contributed by atoms with Gasteiger partial charge in [-0.25, -0.2) is 0 Å². The van der Waals surface area contributed by atoms with Crippen molar-refractivity contribution in [3.05, 3.63) is 60.4 Å². The number of benzene rings is 1. The fourth-order valence-corrected chi connectivity index (χ4v) is 2.55. The van der Waals surface area contributed by atoms with Gasteiger partial charge in [-0.3, -0.25) is 9.78 Å². The lowest BCUT2D eigenvalue weighted by atomic mass is 10.1. The van der Waals surface area contributed by atoms with Crippen LogP contribution in [0, 0.1) is 0 Å². The molecule has 0 saturated carbocycles. The molecule has 22 heavy (non-hydrogen) atoms. The molecular weight excluding hydrogens is 278 g/mol. The smallest absolute Gasteiger partial charge is 0.254 e. The Morgan fingerprint density at radius 1 is 1.27 bits per heavy atom. The molecule has 114 valence electrons. The number of piperazine rings is 1. The van der Waals surface area contributed by atoms with Crippen molar-refractivity contribution >= 4 is 5.91 Å². The molecule has 0 aliphatic carbocycles. The lowest BCUT2D eigenvalue weighted by molar-refractivity contribution is 0.0559. The van der Waals surface area contributed by atoms with Gasteiger partial charge in [0.1, 0.15) is 12.4 Å². The number of ether oxygens (including phenoxy) is 1. The van der Waals surface area contributed by atoms with Crippen molar-refractivity contribution in [1.82, 2.24) is 15.2 Å². The highest BCUT2D eigenvalue weighted by atomic mass is 16.5. The van der Waals surface area contributed by atoms with Crippen LogP contribution >= 0.6 is 0 Å². The topological polar surface area (TPSA) is 54.5 Å². The predicted molar refractivity (Wildman–Crippen MR) is 83.9 cm³/mol. The summed E-state index contributed by atoms with van der Waals surface area (Å²) >= 11 is 0. The van der Waals surface area contributed by atoms with Crippen molar-refractivity contribution in [2.45, 2.75) is 6.04 Å². The average Bonchev–Trinajstić information content (AvgIpc) is 2.61. The van der Waals surface area contributed by atoms with Crippen LogP contribution in [0.25, 0.3) is 0 Å². The normalized spacial score (nSPS) is 18.0. The highest BCUT2D eigenvalue weighted by Gasteiger charge is 2.27. The minimum Gasteiger partial charge on any atom is -0.490 e. The third-order valence-electron chi connectivity index (χ3n) is 3.71. The third kappa shape index (κ3) is 3.43. The summed E-state index contributed by atoms with van der Waals surface area (Å²) in [5.41, 5.74) is 0.718. The Balaban J connectivity index is 1.67. The number of rotatable bonds is 4. The van der Waals surface area contributed by atoms with Gasteiger partial charge in [-0.1, -0.05) is 18.2 Å².